The maximum absolute atomic E-state index is 13.4. The van der Waals surface area contributed by atoms with Crippen molar-refractivity contribution in [1.29, 1.82) is 0 Å². The van der Waals surface area contributed by atoms with E-state index in [2.05, 4.69) is 0 Å². The molecule has 1 aliphatic heterocycles. The van der Waals surface area contributed by atoms with E-state index in [0.29, 0.717) is 46.6 Å². The van der Waals surface area contributed by atoms with Crippen LogP contribution in [-0.2, 0) is 9.59 Å². The van der Waals surface area contributed by atoms with Gasteiger partial charge in [-0.05, 0) is 72.1 Å². The van der Waals surface area contributed by atoms with Crippen LogP contribution < -0.4 is 14.4 Å². The number of phenols is 1. The summed E-state index contributed by atoms with van der Waals surface area (Å²) in [6.07, 6.45) is 0. The minimum Gasteiger partial charge on any atom is -0.508 e. The molecular weight excluding hydrogens is 506 g/mol. The number of rotatable bonds is 8. The van der Waals surface area contributed by atoms with E-state index >= 15 is 0 Å². The van der Waals surface area contributed by atoms with Gasteiger partial charge in [-0.1, -0.05) is 56.3 Å². The predicted octanol–water partition coefficient (Wildman–Crippen LogP) is 6.85. The molecule has 0 bridgehead atoms. The summed E-state index contributed by atoms with van der Waals surface area (Å²) in [6.45, 7) is 4.55. The van der Waals surface area contributed by atoms with Gasteiger partial charge in [0.25, 0.3) is 11.7 Å². The number of aliphatic hydroxyl groups excluding tert-OH is 1. The second-order valence-electron chi connectivity index (χ2n) is 9.90. The quantitative estimate of drug-likeness (QED) is 0.146. The Morgan fingerprint density at radius 2 is 1.48 bits per heavy atom. The molecule has 0 radical (unpaired) electrons. The molecule has 2 N–H and O–H groups in total. The summed E-state index contributed by atoms with van der Waals surface area (Å²) in [7, 11) is 0. The zero-order valence-electron chi connectivity index (χ0n) is 22.2. The molecule has 7 nitrogen and oxygen atoms in total. The molecule has 4 aromatic rings. The zero-order chi connectivity index (χ0) is 28.2. The minimum absolute atomic E-state index is 0.0399. The van der Waals surface area contributed by atoms with Gasteiger partial charge < -0.3 is 19.7 Å². The average Bonchev–Trinajstić information content (AvgIpc) is 3.23. The van der Waals surface area contributed by atoms with Crippen LogP contribution in [0.2, 0.25) is 0 Å². The van der Waals surface area contributed by atoms with Crippen LogP contribution in [-0.4, -0.2) is 28.5 Å². The smallest absolute Gasteiger partial charge is 0.300 e. The highest BCUT2D eigenvalue weighted by Crippen LogP contribution is 2.43. The summed E-state index contributed by atoms with van der Waals surface area (Å²) in [4.78, 5) is 28.2. The highest BCUT2D eigenvalue weighted by molar-refractivity contribution is 6.51. The molecule has 1 fully saturated rings. The predicted molar refractivity (Wildman–Crippen MR) is 153 cm³/mol. The van der Waals surface area contributed by atoms with Crippen LogP contribution in [0.1, 0.15) is 31.0 Å². The molecule has 7 heteroatoms. The Kier molecular flexibility index (Phi) is 7.55. The van der Waals surface area contributed by atoms with Crippen LogP contribution in [0.4, 0.5) is 5.69 Å². The van der Waals surface area contributed by atoms with Crippen molar-refractivity contribution in [2.75, 3.05) is 11.5 Å². The van der Waals surface area contributed by atoms with Crippen molar-refractivity contribution in [3.63, 3.8) is 0 Å². The molecule has 1 saturated heterocycles. The summed E-state index contributed by atoms with van der Waals surface area (Å²) in [5.74, 6) is 0.224. The molecule has 202 valence electrons. The number of nitrogens with zero attached hydrogens (tertiary/aromatic N) is 1. The molecule has 0 saturated carbocycles. The molecule has 0 spiro atoms. The Morgan fingerprint density at radius 1 is 0.825 bits per heavy atom. The SMILES string of the molecule is CC(C)COc1cccc(/C(O)=C2/C(=O)C(=O)N(c3ccc(Oc4ccccc4)cc3)C2c2ccc(O)cc2)c1. The maximum atomic E-state index is 13.4. The van der Waals surface area contributed by atoms with Gasteiger partial charge in [0, 0.05) is 11.3 Å². The third kappa shape index (κ3) is 5.54. The Morgan fingerprint density at radius 3 is 2.15 bits per heavy atom. The number of hydrogen-bond donors (Lipinski definition) is 2. The van der Waals surface area contributed by atoms with Gasteiger partial charge in [0.2, 0.25) is 0 Å². The largest absolute Gasteiger partial charge is 0.508 e. The van der Waals surface area contributed by atoms with E-state index in [0.717, 1.165) is 0 Å². The Balaban J connectivity index is 1.55. The van der Waals surface area contributed by atoms with Crippen LogP contribution in [0.25, 0.3) is 5.76 Å². The number of Topliss-reactive ketones (excluding diaryl/α,β-unsaturated/α-hetero) is 1. The normalized spacial score (nSPS) is 16.4. The first kappa shape index (κ1) is 26.6. The number of phenolic OH excluding ortho intramolecular Hbond substituents is 1. The number of ketones is 1. The van der Waals surface area contributed by atoms with Gasteiger partial charge in [-0.15, -0.1) is 0 Å². The second-order valence-corrected chi connectivity index (χ2v) is 9.90. The number of carbonyl (C=O) groups is 2. The molecule has 4 aromatic carbocycles. The van der Waals surface area contributed by atoms with Crippen LogP contribution in [0, 0.1) is 5.92 Å². The number of anilines is 1. The molecule has 1 atom stereocenters. The third-order valence-corrected chi connectivity index (χ3v) is 6.44. The number of para-hydroxylation sites is 1. The summed E-state index contributed by atoms with van der Waals surface area (Å²) >= 11 is 0. The first-order valence-electron chi connectivity index (χ1n) is 13.0. The average molecular weight is 536 g/mol. The molecule has 1 heterocycles. The molecule has 0 aromatic heterocycles. The van der Waals surface area contributed by atoms with Gasteiger partial charge in [0.1, 0.15) is 28.8 Å². The minimum atomic E-state index is -0.929. The topological polar surface area (TPSA) is 96.3 Å². The first-order valence-corrected chi connectivity index (χ1v) is 13.0. The molecule has 0 aliphatic carbocycles. The van der Waals surface area contributed by atoms with Crippen molar-refractivity contribution in [3.05, 3.63) is 120 Å². The van der Waals surface area contributed by atoms with E-state index < -0.39 is 17.7 Å². The number of ether oxygens (including phenoxy) is 2. The summed E-state index contributed by atoms with van der Waals surface area (Å²) in [6, 6.07) is 28.2. The van der Waals surface area contributed by atoms with Crippen molar-refractivity contribution in [2.45, 2.75) is 19.9 Å². The zero-order valence-corrected chi connectivity index (χ0v) is 22.2. The van der Waals surface area contributed by atoms with Crippen LogP contribution in [0.5, 0.6) is 23.0 Å². The lowest BCUT2D eigenvalue weighted by Crippen LogP contribution is -2.29. The van der Waals surface area contributed by atoms with Gasteiger partial charge in [-0.3, -0.25) is 14.5 Å². The van der Waals surface area contributed by atoms with E-state index in [9.17, 15) is 19.8 Å². The standard InChI is InChI=1S/C33H29NO6/c1-21(2)20-39-28-10-6-7-23(19-28)31(36)29-30(22-11-15-25(35)16-12-22)34(33(38)32(29)37)24-13-17-27(18-14-24)40-26-8-4-3-5-9-26/h3-19,21,30,35-36H,20H2,1-2H3/b31-29-. The van der Waals surface area contributed by atoms with Crippen LogP contribution in [0.15, 0.2) is 109 Å². The van der Waals surface area contributed by atoms with Gasteiger partial charge in [0.15, 0.2) is 0 Å². The summed E-state index contributed by atoms with van der Waals surface area (Å²) < 4.78 is 11.7. The lowest BCUT2D eigenvalue weighted by molar-refractivity contribution is -0.132. The van der Waals surface area contributed by atoms with E-state index in [1.807, 2.05) is 44.2 Å². The fraction of sp³-hybridized carbons (Fsp3) is 0.152. The van der Waals surface area contributed by atoms with E-state index in [-0.39, 0.29) is 17.1 Å². The van der Waals surface area contributed by atoms with E-state index in [4.69, 9.17) is 9.47 Å². The highest BCUT2D eigenvalue weighted by atomic mass is 16.5. The van der Waals surface area contributed by atoms with Crippen molar-refractivity contribution in [2.24, 2.45) is 5.92 Å². The Bertz CT molecular complexity index is 1540. The molecular formula is C33H29NO6. The van der Waals surface area contributed by atoms with Crippen molar-refractivity contribution in [1.82, 2.24) is 0 Å². The van der Waals surface area contributed by atoms with Crippen molar-refractivity contribution in [3.8, 4) is 23.0 Å². The number of benzene rings is 4. The van der Waals surface area contributed by atoms with Gasteiger partial charge in [0.05, 0.1) is 18.2 Å². The lowest BCUT2D eigenvalue weighted by Gasteiger charge is -2.25. The third-order valence-electron chi connectivity index (χ3n) is 6.44. The number of amides is 1. The number of aliphatic hydroxyl groups is 1. The van der Waals surface area contributed by atoms with Gasteiger partial charge >= 0.3 is 0 Å². The number of hydrogen-bond acceptors (Lipinski definition) is 6. The van der Waals surface area contributed by atoms with Crippen LogP contribution in [0.3, 0.4) is 0 Å². The molecule has 1 unspecified atom stereocenters. The van der Waals surface area contributed by atoms with Crippen molar-refractivity contribution >= 4 is 23.1 Å². The van der Waals surface area contributed by atoms with E-state index in [1.54, 1.807) is 60.7 Å². The summed E-state index contributed by atoms with van der Waals surface area (Å²) in [5.41, 5.74) is 1.31. The molecule has 1 amide bonds. The van der Waals surface area contributed by atoms with E-state index in [1.165, 1.54) is 17.0 Å². The second kappa shape index (κ2) is 11.4. The fourth-order valence-corrected chi connectivity index (χ4v) is 4.52. The number of carbonyl (C=O) groups excluding carboxylic acids is 2. The fourth-order valence-electron chi connectivity index (χ4n) is 4.52. The number of aromatic hydroxyl groups is 1. The van der Waals surface area contributed by atoms with Crippen LogP contribution >= 0.6 is 0 Å². The highest BCUT2D eigenvalue weighted by Gasteiger charge is 2.47. The summed E-state index contributed by atoms with van der Waals surface area (Å²) in [5, 5.41) is 21.3. The monoisotopic (exact) mass is 535 g/mol. The molecule has 40 heavy (non-hydrogen) atoms. The van der Waals surface area contributed by atoms with Gasteiger partial charge in [-0.2, -0.15) is 0 Å². The molecule has 1 aliphatic rings. The maximum Gasteiger partial charge on any atom is 0.300 e. The first-order chi connectivity index (χ1) is 19.3. The Labute approximate surface area is 232 Å². The lowest BCUT2D eigenvalue weighted by atomic mass is 9.95. The Hall–Kier alpha value is -5.04. The molecule has 5 rings (SSSR count). The van der Waals surface area contributed by atoms with Gasteiger partial charge in [-0.25, -0.2) is 0 Å². The van der Waals surface area contributed by atoms with Crippen molar-refractivity contribution < 1.29 is 29.3 Å².